The van der Waals surface area contributed by atoms with E-state index in [0.29, 0.717) is 17.9 Å². The van der Waals surface area contributed by atoms with Gasteiger partial charge < -0.3 is 5.73 Å². The van der Waals surface area contributed by atoms with Crippen LogP contribution in [-0.4, -0.2) is 24.0 Å². The van der Waals surface area contributed by atoms with Crippen LogP contribution in [0.15, 0.2) is 24.3 Å². The van der Waals surface area contributed by atoms with Crippen molar-refractivity contribution < 1.29 is 8.78 Å². The first-order chi connectivity index (χ1) is 9.63. The zero-order chi connectivity index (χ0) is 14.1. The fraction of sp³-hybridized carbons (Fsp3) is 0.625. The summed E-state index contributed by atoms with van der Waals surface area (Å²) in [5.41, 5.74) is 7.32. The lowest BCUT2D eigenvalue weighted by Gasteiger charge is -2.29. The normalized spacial score (nSPS) is 30.7. The van der Waals surface area contributed by atoms with Gasteiger partial charge in [0.2, 0.25) is 0 Å². The number of rotatable bonds is 3. The third kappa shape index (κ3) is 2.86. The van der Waals surface area contributed by atoms with Crippen molar-refractivity contribution in [2.45, 2.75) is 38.3 Å². The average Bonchev–Trinajstić information content (AvgIpc) is 2.83. The molecular formula is C16H22F2N2. The predicted octanol–water partition coefficient (Wildman–Crippen LogP) is 3.18. The van der Waals surface area contributed by atoms with E-state index in [1.807, 2.05) is 6.07 Å². The molecule has 20 heavy (non-hydrogen) atoms. The van der Waals surface area contributed by atoms with Crippen LogP contribution in [0.5, 0.6) is 0 Å². The third-order valence-corrected chi connectivity index (χ3v) is 4.84. The number of nitrogens with two attached hydrogens (primary N) is 1. The number of fused-ring (bicyclic) bond motifs is 1. The van der Waals surface area contributed by atoms with Gasteiger partial charge in [0.05, 0.1) is 0 Å². The molecule has 1 aliphatic carbocycles. The van der Waals surface area contributed by atoms with Crippen molar-refractivity contribution in [1.82, 2.24) is 4.90 Å². The predicted molar refractivity (Wildman–Crippen MR) is 75.5 cm³/mol. The highest BCUT2D eigenvalue weighted by Gasteiger charge is 2.38. The second kappa shape index (κ2) is 5.78. The zero-order valence-electron chi connectivity index (χ0n) is 11.6. The minimum Gasteiger partial charge on any atom is -0.327 e. The highest BCUT2D eigenvalue weighted by atomic mass is 19.3. The van der Waals surface area contributed by atoms with Gasteiger partial charge in [0.15, 0.2) is 0 Å². The van der Waals surface area contributed by atoms with Gasteiger partial charge in [-0.2, -0.15) is 0 Å². The summed E-state index contributed by atoms with van der Waals surface area (Å²) in [4.78, 5) is 2.38. The maximum atomic E-state index is 12.7. The van der Waals surface area contributed by atoms with Gasteiger partial charge in [0.25, 0.3) is 6.43 Å². The molecule has 1 saturated heterocycles. The average molecular weight is 280 g/mol. The molecule has 0 spiro atoms. The number of benzene rings is 1. The van der Waals surface area contributed by atoms with E-state index in [0.717, 1.165) is 31.6 Å². The van der Waals surface area contributed by atoms with Crippen LogP contribution in [0.1, 0.15) is 36.8 Å². The van der Waals surface area contributed by atoms with Gasteiger partial charge in [-0.15, -0.1) is 0 Å². The molecule has 0 aromatic heterocycles. The number of hydrogen-bond acceptors (Lipinski definition) is 2. The Bertz CT molecular complexity index is 464. The van der Waals surface area contributed by atoms with E-state index in [2.05, 4.69) is 4.90 Å². The lowest BCUT2D eigenvalue weighted by Crippen LogP contribution is -2.38. The van der Waals surface area contributed by atoms with E-state index >= 15 is 0 Å². The summed E-state index contributed by atoms with van der Waals surface area (Å²) in [7, 11) is 0. The maximum Gasteiger partial charge on any atom is 0.263 e. The Hall–Kier alpha value is -1.00. The fourth-order valence-electron chi connectivity index (χ4n) is 3.82. The molecule has 2 N–H and O–H groups in total. The second-order valence-electron chi connectivity index (χ2n) is 6.26. The van der Waals surface area contributed by atoms with Crippen molar-refractivity contribution in [2.75, 3.05) is 13.1 Å². The molecule has 3 rings (SSSR count). The Morgan fingerprint density at radius 1 is 1.25 bits per heavy atom. The van der Waals surface area contributed by atoms with Crippen LogP contribution in [0, 0.1) is 11.8 Å². The number of likely N-dealkylation sites (tertiary alicyclic amines) is 1. The van der Waals surface area contributed by atoms with E-state index in [-0.39, 0.29) is 5.56 Å². The largest absolute Gasteiger partial charge is 0.327 e. The Morgan fingerprint density at radius 3 is 2.85 bits per heavy atom. The summed E-state index contributed by atoms with van der Waals surface area (Å²) in [6.07, 6.45) is 1.25. The summed E-state index contributed by atoms with van der Waals surface area (Å²) in [5.74, 6) is 1.30. The van der Waals surface area contributed by atoms with Crippen LogP contribution in [0.4, 0.5) is 8.78 Å². The standard InChI is InChI=1S/C16H22F2N2/c17-16(18)12-4-1-3-11(7-12)8-20-9-13-5-2-6-15(19)14(13)10-20/h1,3-4,7,13-16H,2,5-6,8-10,19H2. The summed E-state index contributed by atoms with van der Waals surface area (Å²) in [5, 5.41) is 0. The van der Waals surface area contributed by atoms with Crippen molar-refractivity contribution in [3.63, 3.8) is 0 Å². The molecule has 110 valence electrons. The van der Waals surface area contributed by atoms with Gasteiger partial charge >= 0.3 is 0 Å². The molecule has 0 amide bonds. The minimum atomic E-state index is -2.38. The first-order valence-corrected chi connectivity index (χ1v) is 7.48. The molecule has 3 unspecified atom stereocenters. The van der Waals surface area contributed by atoms with Gasteiger partial charge in [-0.05, 0) is 36.3 Å². The lowest BCUT2D eigenvalue weighted by atomic mass is 9.78. The molecule has 1 aromatic rings. The summed E-state index contributed by atoms with van der Waals surface area (Å²) in [6, 6.07) is 7.12. The van der Waals surface area contributed by atoms with E-state index in [1.54, 1.807) is 12.1 Å². The molecule has 1 saturated carbocycles. The van der Waals surface area contributed by atoms with Crippen LogP contribution in [0.2, 0.25) is 0 Å². The van der Waals surface area contributed by atoms with Gasteiger partial charge in [0.1, 0.15) is 0 Å². The van der Waals surface area contributed by atoms with E-state index < -0.39 is 6.43 Å². The smallest absolute Gasteiger partial charge is 0.263 e. The van der Waals surface area contributed by atoms with Gasteiger partial charge in [-0.25, -0.2) is 8.78 Å². The molecule has 1 aliphatic heterocycles. The number of halogens is 2. The van der Waals surface area contributed by atoms with Crippen LogP contribution < -0.4 is 5.73 Å². The van der Waals surface area contributed by atoms with E-state index in [4.69, 9.17) is 5.73 Å². The Labute approximate surface area is 118 Å². The molecule has 2 fully saturated rings. The highest BCUT2D eigenvalue weighted by Crippen LogP contribution is 2.36. The molecule has 0 radical (unpaired) electrons. The van der Waals surface area contributed by atoms with Crippen molar-refractivity contribution in [3.05, 3.63) is 35.4 Å². The van der Waals surface area contributed by atoms with Crippen LogP contribution >= 0.6 is 0 Å². The number of nitrogens with zero attached hydrogens (tertiary/aromatic N) is 1. The highest BCUT2D eigenvalue weighted by molar-refractivity contribution is 5.24. The van der Waals surface area contributed by atoms with Crippen LogP contribution in [0.25, 0.3) is 0 Å². The van der Waals surface area contributed by atoms with Crippen molar-refractivity contribution in [3.8, 4) is 0 Å². The molecule has 4 heteroatoms. The molecular weight excluding hydrogens is 258 g/mol. The van der Waals surface area contributed by atoms with E-state index in [1.165, 1.54) is 18.9 Å². The molecule has 2 nitrogen and oxygen atoms in total. The number of alkyl halides is 2. The summed E-state index contributed by atoms with van der Waals surface area (Å²) < 4.78 is 25.4. The Morgan fingerprint density at radius 2 is 2.10 bits per heavy atom. The van der Waals surface area contributed by atoms with E-state index in [9.17, 15) is 8.78 Å². The molecule has 1 heterocycles. The SMILES string of the molecule is NC1CCCC2CN(Cc3cccc(C(F)F)c3)CC12. The Balaban J connectivity index is 1.65. The minimum absolute atomic E-state index is 0.121. The van der Waals surface area contributed by atoms with Crippen molar-refractivity contribution in [1.29, 1.82) is 0 Å². The van der Waals surface area contributed by atoms with Crippen LogP contribution in [0.3, 0.4) is 0 Å². The molecule has 1 aromatic carbocycles. The van der Waals surface area contributed by atoms with Crippen molar-refractivity contribution >= 4 is 0 Å². The van der Waals surface area contributed by atoms with Crippen LogP contribution in [-0.2, 0) is 6.54 Å². The fourth-order valence-corrected chi connectivity index (χ4v) is 3.82. The second-order valence-corrected chi connectivity index (χ2v) is 6.26. The molecule has 0 bridgehead atoms. The lowest BCUT2D eigenvalue weighted by molar-refractivity contribution is 0.151. The van der Waals surface area contributed by atoms with Crippen molar-refractivity contribution in [2.24, 2.45) is 17.6 Å². The Kier molecular flexibility index (Phi) is 4.03. The number of hydrogen-bond donors (Lipinski definition) is 1. The summed E-state index contributed by atoms with van der Waals surface area (Å²) in [6.45, 7) is 2.85. The molecule has 3 atom stereocenters. The van der Waals surface area contributed by atoms with Gasteiger partial charge in [0, 0.05) is 31.2 Å². The maximum absolute atomic E-state index is 12.7. The first-order valence-electron chi connectivity index (χ1n) is 7.48. The topological polar surface area (TPSA) is 29.3 Å². The zero-order valence-corrected chi connectivity index (χ0v) is 11.6. The summed E-state index contributed by atoms with van der Waals surface area (Å²) >= 11 is 0. The van der Waals surface area contributed by atoms with Gasteiger partial charge in [-0.3, -0.25) is 4.90 Å². The third-order valence-electron chi connectivity index (χ3n) is 4.84. The van der Waals surface area contributed by atoms with Gasteiger partial charge in [-0.1, -0.05) is 24.6 Å². The first kappa shape index (κ1) is 14.0. The molecule has 2 aliphatic rings. The quantitative estimate of drug-likeness (QED) is 0.921. The monoisotopic (exact) mass is 280 g/mol.